The zero-order chi connectivity index (χ0) is 16.4. The van der Waals surface area contributed by atoms with Crippen molar-refractivity contribution in [3.05, 3.63) is 57.3 Å². The van der Waals surface area contributed by atoms with Crippen molar-refractivity contribution in [2.75, 3.05) is 6.54 Å². The van der Waals surface area contributed by atoms with Crippen LogP contribution in [-0.2, 0) is 12.0 Å². The fourth-order valence-corrected chi connectivity index (χ4v) is 4.83. The normalized spacial score (nSPS) is 19.4. The maximum Gasteiger partial charge on any atom is 0.0407 e. The molecule has 1 aromatic carbocycles. The molecular formula is C21H29NS. The van der Waals surface area contributed by atoms with Gasteiger partial charge in [-0.25, -0.2) is 0 Å². The van der Waals surface area contributed by atoms with Crippen LogP contribution in [-0.4, -0.2) is 17.5 Å². The van der Waals surface area contributed by atoms with Crippen LogP contribution < -0.4 is 0 Å². The molecule has 3 rings (SSSR count). The second-order valence-corrected chi connectivity index (χ2v) is 8.84. The predicted molar refractivity (Wildman–Crippen MR) is 101 cm³/mol. The van der Waals surface area contributed by atoms with Crippen LogP contribution in [0.2, 0.25) is 0 Å². The van der Waals surface area contributed by atoms with Gasteiger partial charge in [0.2, 0.25) is 0 Å². The summed E-state index contributed by atoms with van der Waals surface area (Å²) in [5.74, 6) is 0. The summed E-state index contributed by atoms with van der Waals surface area (Å²) in [5.41, 5.74) is 2.91. The molecule has 0 amide bonds. The Morgan fingerprint density at radius 2 is 1.83 bits per heavy atom. The summed E-state index contributed by atoms with van der Waals surface area (Å²) in [6.45, 7) is 10.4. The van der Waals surface area contributed by atoms with Crippen LogP contribution >= 0.6 is 11.3 Å². The van der Waals surface area contributed by atoms with Crippen molar-refractivity contribution in [2.24, 2.45) is 0 Å². The average molecular weight is 328 g/mol. The van der Waals surface area contributed by atoms with E-state index in [9.17, 15) is 0 Å². The number of hydrogen-bond donors (Lipinski definition) is 0. The summed E-state index contributed by atoms with van der Waals surface area (Å²) in [6.07, 6.45) is 5.20. The van der Waals surface area contributed by atoms with Crippen molar-refractivity contribution in [2.45, 2.75) is 65.0 Å². The van der Waals surface area contributed by atoms with Gasteiger partial charge < -0.3 is 0 Å². The van der Waals surface area contributed by atoms with E-state index >= 15 is 0 Å². The molecule has 0 aliphatic carbocycles. The molecule has 1 unspecified atom stereocenters. The minimum atomic E-state index is 0.125. The van der Waals surface area contributed by atoms with Crippen LogP contribution in [0, 0.1) is 13.8 Å². The van der Waals surface area contributed by atoms with Gasteiger partial charge in [0.1, 0.15) is 0 Å². The van der Waals surface area contributed by atoms with Crippen molar-refractivity contribution >= 4 is 11.3 Å². The lowest BCUT2D eigenvalue weighted by Gasteiger charge is -2.40. The van der Waals surface area contributed by atoms with E-state index < -0.39 is 0 Å². The van der Waals surface area contributed by atoms with E-state index in [4.69, 9.17) is 0 Å². The molecule has 1 atom stereocenters. The highest BCUT2D eigenvalue weighted by Gasteiger charge is 2.36. The molecule has 1 nitrogen and oxygen atoms in total. The molecular weight excluding hydrogens is 298 g/mol. The molecule has 0 bridgehead atoms. The van der Waals surface area contributed by atoms with Gasteiger partial charge >= 0.3 is 0 Å². The first-order valence-corrected chi connectivity index (χ1v) is 9.67. The number of likely N-dealkylation sites (tertiary alicyclic amines) is 1. The third-order valence-electron chi connectivity index (χ3n) is 5.37. The monoisotopic (exact) mass is 327 g/mol. The van der Waals surface area contributed by atoms with Gasteiger partial charge in [0.05, 0.1) is 0 Å². The van der Waals surface area contributed by atoms with Gasteiger partial charge in [-0.15, -0.1) is 11.3 Å². The zero-order valence-electron chi connectivity index (χ0n) is 14.9. The molecule has 0 spiro atoms. The highest BCUT2D eigenvalue weighted by atomic mass is 32.1. The van der Waals surface area contributed by atoms with Crippen molar-refractivity contribution in [1.29, 1.82) is 0 Å². The molecule has 2 aromatic rings. The first-order valence-electron chi connectivity index (χ1n) is 8.86. The van der Waals surface area contributed by atoms with Crippen LogP contribution in [0.5, 0.6) is 0 Å². The molecule has 1 fully saturated rings. The Hall–Kier alpha value is -1.12. The van der Waals surface area contributed by atoms with Gasteiger partial charge in [-0.2, -0.15) is 0 Å². The van der Waals surface area contributed by atoms with E-state index in [1.807, 2.05) is 11.3 Å². The highest BCUT2D eigenvalue weighted by Crippen LogP contribution is 2.36. The minimum absolute atomic E-state index is 0.125. The Kier molecular flexibility index (Phi) is 4.93. The Balaban J connectivity index is 1.70. The Morgan fingerprint density at radius 3 is 2.48 bits per heavy atom. The van der Waals surface area contributed by atoms with Crippen molar-refractivity contribution in [1.82, 2.24) is 4.90 Å². The van der Waals surface area contributed by atoms with Crippen molar-refractivity contribution < 1.29 is 0 Å². The van der Waals surface area contributed by atoms with Gasteiger partial charge in [0.25, 0.3) is 0 Å². The molecule has 1 aliphatic heterocycles. The molecule has 23 heavy (non-hydrogen) atoms. The van der Waals surface area contributed by atoms with Crippen molar-refractivity contribution in [3.8, 4) is 0 Å². The first-order chi connectivity index (χ1) is 11.0. The van der Waals surface area contributed by atoms with E-state index in [-0.39, 0.29) is 5.54 Å². The fraction of sp³-hybridized carbons (Fsp3) is 0.524. The van der Waals surface area contributed by atoms with E-state index in [0.29, 0.717) is 6.04 Å². The Morgan fingerprint density at radius 1 is 1.09 bits per heavy atom. The quantitative estimate of drug-likeness (QED) is 0.681. The van der Waals surface area contributed by atoms with Gasteiger partial charge in [-0.05, 0) is 77.6 Å². The third kappa shape index (κ3) is 3.70. The van der Waals surface area contributed by atoms with Crippen LogP contribution in [0.25, 0.3) is 0 Å². The first kappa shape index (κ1) is 16.7. The average Bonchev–Trinajstić information content (AvgIpc) is 3.14. The summed E-state index contributed by atoms with van der Waals surface area (Å²) in [4.78, 5) is 5.73. The lowest BCUT2D eigenvalue weighted by molar-refractivity contribution is 0.0993. The molecule has 0 saturated carbocycles. The molecule has 1 aromatic heterocycles. The molecule has 124 valence electrons. The van der Waals surface area contributed by atoms with Crippen molar-refractivity contribution in [3.63, 3.8) is 0 Å². The Labute approximate surface area is 145 Å². The van der Waals surface area contributed by atoms with E-state index in [1.165, 1.54) is 48.2 Å². The topological polar surface area (TPSA) is 3.24 Å². The number of thiophene rings is 1. The third-order valence-corrected chi connectivity index (χ3v) is 6.43. The number of rotatable bonds is 5. The highest BCUT2D eigenvalue weighted by molar-refractivity contribution is 7.11. The summed E-state index contributed by atoms with van der Waals surface area (Å²) >= 11 is 1.96. The lowest BCUT2D eigenvalue weighted by atomic mass is 9.90. The van der Waals surface area contributed by atoms with Gasteiger partial charge in [-0.1, -0.05) is 29.8 Å². The maximum absolute atomic E-state index is 2.75. The smallest absolute Gasteiger partial charge is 0.0407 e. The molecule has 2 heteroatoms. The number of nitrogens with zero attached hydrogens (tertiary/aromatic N) is 1. The number of aryl methyl sites for hydroxylation is 3. The van der Waals surface area contributed by atoms with E-state index in [1.54, 1.807) is 4.88 Å². The summed E-state index contributed by atoms with van der Waals surface area (Å²) in [6, 6.07) is 14.4. The van der Waals surface area contributed by atoms with Crippen LogP contribution in [0.4, 0.5) is 0 Å². The fourth-order valence-electron chi connectivity index (χ4n) is 3.93. The minimum Gasteiger partial charge on any atom is -0.291 e. The van der Waals surface area contributed by atoms with Gasteiger partial charge in [-0.3, -0.25) is 4.90 Å². The summed E-state index contributed by atoms with van der Waals surface area (Å²) in [5, 5.41) is 0. The van der Waals surface area contributed by atoms with Crippen LogP contribution in [0.3, 0.4) is 0 Å². The largest absolute Gasteiger partial charge is 0.291 e. The second-order valence-electron chi connectivity index (χ2n) is 7.47. The van der Waals surface area contributed by atoms with Crippen LogP contribution in [0.15, 0.2) is 36.4 Å². The SMILES string of the molecule is Cc1ccc(C(C)(C)N2CCCC2CCc2ccc(C)s2)cc1. The molecule has 0 N–H and O–H groups in total. The maximum atomic E-state index is 2.75. The number of hydrogen-bond acceptors (Lipinski definition) is 2. The number of benzene rings is 1. The zero-order valence-corrected chi connectivity index (χ0v) is 15.7. The second kappa shape index (κ2) is 6.78. The molecule has 1 saturated heterocycles. The summed E-state index contributed by atoms with van der Waals surface area (Å²) < 4.78 is 0. The van der Waals surface area contributed by atoms with E-state index in [2.05, 4.69) is 69.0 Å². The van der Waals surface area contributed by atoms with E-state index in [0.717, 1.165) is 0 Å². The van der Waals surface area contributed by atoms with Gasteiger partial charge in [0.15, 0.2) is 0 Å². The summed E-state index contributed by atoms with van der Waals surface area (Å²) in [7, 11) is 0. The molecule has 2 heterocycles. The Bertz CT molecular complexity index is 638. The lowest BCUT2D eigenvalue weighted by Crippen LogP contribution is -2.44. The standard InChI is InChI=1S/C21H29NS/c1-16-7-10-18(11-8-16)21(3,4)22-15-5-6-19(22)12-14-20-13-9-17(2)23-20/h7-11,13,19H,5-6,12,14-15H2,1-4H3. The predicted octanol–water partition coefficient (Wildman–Crippen LogP) is 5.70. The molecule has 0 radical (unpaired) electrons. The van der Waals surface area contributed by atoms with Crippen LogP contribution in [0.1, 0.15) is 54.0 Å². The molecule has 1 aliphatic rings. The van der Waals surface area contributed by atoms with Gasteiger partial charge in [0, 0.05) is 21.3 Å².